The first-order valence-corrected chi connectivity index (χ1v) is 10.6. The van der Waals surface area contributed by atoms with Crippen LogP contribution in [-0.4, -0.2) is 40.1 Å². The minimum Gasteiger partial charge on any atom is -0.354 e. The third-order valence-corrected chi connectivity index (χ3v) is 6.18. The first-order valence-electron chi connectivity index (χ1n) is 10.1. The van der Waals surface area contributed by atoms with Crippen molar-refractivity contribution in [1.29, 1.82) is 0 Å². The second-order valence-corrected chi connectivity index (χ2v) is 8.26. The van der Waals surface area contributed by atoms with Crippen LogP contribution in [0.15, 0.2) is 54.6 Å². The van der Waals surface area contributed by atoms with Gasteiger partial charge in [-0.15, -0.1) is 11.6 Å². The molecule has 6 nitrogen and oxygen atoms in total. The Balaban J connectivity index is 1.41. The fraction of sp³-hybridized carbons (Fsp3) is 0.348. The summed E-state index contributed by atoms with van der Waals surface area (Å²) in [6, 6.07) is 18.1. The van der Waals surface area contributed by atoms with Crippen LogP contribution in [0.4, 0.5) is 0 Å². The number of fused-ring (bicyclic) bond motifs is 1. The molecule has 1 saturated carbocycles. The third-order valence-electron chi connectivity index (χ3n) is 5.93. The van der Waals surface area contributed by atoms with Crippen LogP contribution < -0.4 is 10.6 Å². The number of aryl methyl sites for hydroxylation is 1. The Morgan fingerprint density at radius 1 is 1.10 bits per heavy atom. The molecule has 1 aliphatic carbocycles. The number of aromatic nitrogens is 2. The highest BCUT2D eigenvalue weighted by molar-refractivity contribution is 6.27. The second kappa shape index (κ2) is 8.48. The van der Waals surface area contributed by atoms with Crippen molar-refractivity contribution in [1.82, 2.24) is 20.4 Å². The Morgan fingerprint density at radius 3 is 2.53 bits per heavy atom. The average molecular weight is 425 g/mol. The van der Waals surface area contributed by atoms with E-state index in [1.807, 2.05) is 49.5 Å². The number of nitrogens with zero attached hydrogens (tertiary/aromatic N) is 2. The summed E-state index contributed by atoms with van der Waals surface area (Å²) in [6.07, 6.45) is 1.79. The molecule has 0 unspecified atom stereocenters. The van der Waals surface area contributed by atoms with Crippen molar-refractivity contribution >= 4 is 34.3 Å². The van der Waals surface area contributed by atoms with Crippen LogP contribution in [0, 0.1) is 0 Å². The summed E-state index contributed by atoms with van der Waals surface area (Å²) in [5, 5.41) is 11.6. The second-order valence-electron chi connectivity index (χ2n) is 7.99. The van der Waals surface area contributed by atoms with Crippen LogP contribution in [0.3, 0.4) is 0 Å². The van der Waals surface area contributed by atoms with Crippen molar-refractivity contribution in [3.63, 3.8) is 0 Å². The number of halogens is 1. The van der Waals surface area contributed by atoms with Crippen molar-refractivity contribution in [2.45, 2.75) is 30.7 Å². The minimum absolute atomic E-state index is 0.0321. The van der Waals surface area contributed by atoms with E-state index >= 15 is 0 Å². The first kappa shape index (κ1) is 20.4. The van der Waals surface area contributed by atoms with Gasteiger partial charge >= 0.3 is 0 Å². The van der Waals surface area contributed by atoms with Gasteiger partial charge in [-0.1, -0.05) is 48.5 Å². The summed E-state index contributed by atoms with van der Waals surface area (Å²) in [6.45, 7) is 0.514. The summed E-state index contributed by atoms with van der Waals surface area (Å²) in [5.74, 6) is -0.264. The fourth-order valence-corrected chi connectivity index (χ4v) is 4.52. The Morgan fingerprint density at radius 2 is 1.80 bits per heavy atom. The van der Waals surface area contributed by atoms with E-state index in [1.165, 1.54) is 5.56 Å². The van der Waals surface area contributed by atoms with Crippen molar-refractivity contribution in [2.75, 3.05) is 12.4 Å². The number of nitrogens with one attached hydrogen (secondary N) is 2. The molecule has 0 atom stereocenters. The molecular weight excluding hydrogens is 400 g/mol. The van der Waals surface area contributed by atoms with Crippen LogP contribution in [0.25, 0.3) is 10.9 Å². The maximum Gasteiger partial charge on any atom is 0.234 e. The molecule has 1 heterocycles. The lowest BCUT2D eigenvalue weighted by Gasteiger charge is -2.48. The van der Waals surface area contributed by atoms with Crippen LogP contribution in [-0.2, 0) is 28.5 Å². The average Bonchev–Trinajstić information content (AvgIpc) is 3.05. The van der Waals surface area contributed by atoms with Gasteiger partial charge in [0, 0.05) is 30.4 Å². The zero-order valence-corrected chi connectivity index (χ0v) is 17.7. The van der Waals surface area contributed by atoms with Gasteiger partial charge in [-0.25, -0.2) is 0 Å². The summed E-state index contributed by atoms with van der Waals surface area (Å²) in [7, 11) is 1.89. The highest BCUT2D eigenvalue weighted by Crippen LogP contribution is 2.43. The standard InChI is InChI=1S/C23H25ClN4O2/c1-28-20-10-6-5-9-18(20)19(27-28)11-21(29)26-17-12-23(13-17,15-25-22(30)14-24)16-7-3-2-4-8-16/h2-10,17H,11-15H2,1H3,(H,25,30)(H,26,29). The number of alkyl halides is 1. The van der Waals surface area contributed by atoms with Gasteiger partial charge in [0.15, 0.2) is 0 Å². The topological polar surface area (TPSA) is 76.0 Å². The SMILES string of the molecule is Cn1nc(CC(=O)NC2CC(CNC(=O)CCl)(c3ccccc3)C2)c2ccccc21. The molecular formula is C23H25ClN4O2. The summed E-state index contributed by atoms with van der Waals surface area (Å²) >= 11 is 5.63. The molecule has 4 rings (SSSR count). The van der Waals surface area contributed by atoms with Crippen molar-refractivity contribution in [3.8, 4) is 0 Å². The van der Waals surface area contributed by atoms with E-state index in [0.717, 1.165) is 29.4 Å². The maximum absolute atomic E-state index is 12.7. The van der Waals surface area contributed by atoms with Gasteiger partial charge in [-0.2, -0.15) is 5.10 Å². The number of carbonyl (C=O) groups excluding carboxylic acids is 2. The number of hydrogen-bond donors (Lipinski definition) is 2. The Hall–Kier alpha value is -2.86. The predicted molar refractivity (Wildman–Crippen MR) is 117 cm³/mol. The summed E-state index contributed by atoms with van der Waals surface area (Å²) < 4.78 is 1.81. The van der Waals surface area contributed by atoms with E-state index in [2.05, 4.69) is 27.9 Å². The minimum atomic E-state index is -0.182. The largest absolute Gasteiger partial charge is 0.354 e. The Bertz CT molecular complexity index is 1060. The lowest BCUT2D eigenvalue weighted by molar-refractivity contribution is -0.123. The Labute approximate surface area is 180 Å². The highest BCUT2D eigenvalue weighted by atomic mass is 35.5. The number of amides is 2. The van der Waals surface area contributed by atoms with Gasteiger partial charge in [0.05, 0.1) is 17.6 Å². The summed E-state index contributed by atoms with van der Waals surface area (Å²) in [5.41, 5.74) is 2.79. The lowest BCUT2D eigenvalue weighted by atomic mass is 9.61. The molecule has 2 N–H and O–H groups in total. The molecule has 3 aromatic rings. The molecule has 1 fully saturated rings. The number of hydrogen-bond acceptors (Lipinski definition) is 3. The van der Waals surface area contributed by atoms with Crippen LogP contribution in [0.5, 0.6) is 0 Å². The van der Waals surface area contributed by atoms with E-state index in [4.69, 9.17) is 11.6 Å². The molecule has 0 radical (unpaired) electrons. The molecule has 156 valence electrons. The molecule has 0 spiro atoms. The third kappa shape index (κ3) is 4.05. The van der Waals surface area contributed by atoms with E-state index < -0.39 is 0 Å². The van der Waals surface area contributed by atoms with Gasteiger partial charge in [0.2, 0.25) is 11.8 Å². The normalized spacial score (nSPS) is 20.5. The van der Waals surface area contributed by atoms with E-state index in [1.54, 1.807) is 4.68 Å². The number of benzene rings is 2. The van der Waals surface area contributed by atoms with Crippen molar-refractivity contribution in [2.24, 2.45) is 7.05 Å². The monoisotopic (exact) mass is 424 g/mol. The molecule has 30 heavy (non-hydrogen) atoms. The smallest absolute Gasteiger partial charge is 0.234 e. The van der Waals surface area contributed by atoms with E-state index in [9.17, 15) is 9.59 Å². The zero-order chi connectivity index (χ0) is 21.1. The highest BCUT2D eigenvalue weighted by Gasteiger charge is 2.46. The van der Waals surface area contributed by atoms with Crippen LogP contribution >= 0.6 is 11.6 Å². The van der Waals surface area contributed by atoms with Gasteiger partial charge < -0.3 is 10.6 Å². The molecule has 0 aliphatic heterocycles. The zero-order valence-electron chi connectivity index (χ0n) is 16.9. The lowest BCUT2D eigenvalue weighted by Crippen LogP contribution is -2.58. The van der Waals surface area contributed by atoms with E-state index in [0.29, 0.717) is 6.54 Å². The van der Waals surface area contributed by atoms with Crippen molar-refractivity contribution < 1.29 is 9.59 Å². The molecule has 0 saturated heterocycles. The van der Waals surface area contributed by atoms with Gasteiger partial charge in [0.25, 0.3) is 0 Å². The van der Waals surface area contributed by atoms with Gasteiger partial charge in [0.1, 0.15) is 5.88 Å². The molecule has 0 bridgehead atoms. The molecule has 1 aliphatic rings. The van der Waals surface area contributed by atoms with Crippen LogP contribution in [0.2, 0.25) is 0 Å². The number of para-hydroxylation sites is 1. The Kier molecular flexibility index (Phi) is 5.77. The molecule has 7 heteroatoms. The number of rotatable bonds is 7. The predicted octanol–water partition coefficient (Wildman–Crippen LogP) is 2.69. The van der Waals surface area contributed by atoms with Gasteiger partial charge in [-0.05, 0) is 24.5 Å². The fourth-order valence-electron chi connectivity index (χ4n) is 4.42. The maximum atomic E-state index is 12.7. The summed E-state index contributed by atoms with van der Waals surface area (Å²) in [4.78, 5) is 24.4. The number of carbonyl (C=O) groups is 2. The quantitative estimate of drug-likeness (QED) is 0.572. The molecule has 2 aromatic carbocycles. The molecule has 1 aromatic heterocycles. The first-order chi connectivity index (χ1) is 14.5. The molecule has 2 amide bonds. The van der Waals surface area contributed by atoms with Gasteiger partial charge in [-0.3, -0.25) is 14.3 Å². The van der Waals surface area contributed by atoms with Crippen molar-refractivity contribution in [3.05, 3.63) is 65.9 Å². The van der Waals surface area contributed by atoms with E-state index in [-0.39, 0.29) is 35.6 Å². The van der Waals surface area contributed by atoms with Crippen LogP contribution in [0.1, 0.15) is 24.1 Å².